The average molecular weight is 598 g/mol. The SMILES string of the molecule is CCOC(=O)C1=C(N)N(c2ccc(Cl)cc2)C(C(=O)OCC)=C(C(=O)OCC)C1c1cc2cc(C)ccc2nc1Cl. The second kappa shape index (κ2) is 12.6. The number of nitrogens with two attached hydrogens (primary N) is 1. The Balaban J connectivity index is 2.15. The van der Waals surface area contributed by atoms with Gasteiger partial charge in [-0.05, 0) is 70.2 Å². The summed E-state index contributed by atoms with van der Waals surface area (Å²) in [5, 5.41) is 1.13. The number of nitrogens with zero attached hydrogens (tertiary/aromatic N) is 2. The van der Waals surface area contributed by atoms with Crippen molar-refractivity contribution in [1.82, 2.24) is 4.98 Å². The summed E-state index contributed by atoms with van der Waals surface area (Å²) in [7, 11) is 0. The number of benzene rings is 2. The van der Waals surface area contributed by atoms with E-state index >= 15 is 0 Å². The number of aryl methyl sites for hydroxylation is 1. The van der Waals surface area contributed by atoms with E-state index in [0.717, 1.165) is 5.56 Å². The summed E-state index contributed by atoms with van der Waals surface area (Å²) in [6, 6.07) is 13.7. The van der Waals surface area contributed by atoms with Crippen LogP contribution >= 0.6 is 23.2 Å². The zero-order valence-electron chi connectivity index (χ0n) is 23.0. The van der Waals surface area contributed by atoms with Crippen molar-refractivity contribution in [3.8, 4) is 0 Å². The maximum absolute atomic E-state index is 13.8. The summed E-state index contributed by atoms with van der Waals surface area (Å²) in [5.74, 6) is -3.97. The standard InChI is InChI=1S/C30H29Cl2N3O6/c1-5-39-28(36)23-22(20-15-17-14-16(4)8-13-21(17)34-26(20)32)24(29(37)40-6-2)27(33)35(25(23)30(38)41-7-3)19-11-9-18(31)10-12-19/h8-15,22H,5-7,33H2,1-4H3. The highest BCUT2D eigenvalue weighted by Crippen LogP contribution is 2.46. The predicted octanol–water partition coefficient (Wildman–Crippen LogP) is 5.57. The van der Waals surface area contributed by atoms with Crippen LogP contribution in [-0.4, -0.2) is 42.7 Å². The van der Waals surface area contributed by atoms with Crippen molar-refractivity contribution >= 4 is 57.7 Å². The molecule has 2 aromatic carbocycles. The van der Waals surface area contributed by atoms with Crippen LogP contribution in [-0.2, 0) is 28.6 Å². The Morgan fingerprint density at radius 3 is 2.05 bits per heavy atom. The Labute approximate surface area is 247 Å². The van der Waals surface area contributed by atoms with Crippen LogP contribution in [0.15, 0.2) is 71.2 Å². The van der Waals surface area contributed by atoms with Gasteiger partial charge in [0, 0.05) is 21.7 Å². The molecule has 41 heavy (non-hydrogen) atoms. The van der Waals surface area contributed by atoms with Crippen molar-refractivity contribution in [1.29, 1.82) is 0 Å². The molecular formula is C30H29Cl2N3O6. The number of rotatable bonds is 8. The lowest BCUT2D eigenvalue weighted by atomic mass is 9.80. The second-order valence-corrected chi connectivity index (χ2v) is 9.83. The van der Waals surface area contributed by atoms with Gasteiger partial charge < -0.3 is 19.9 Å². The van der Waals surface area contributed by atoms with Crippen molar-refractivity contribution in [3.05, 3.63) is 92.5 Å². The molecule has 1 aliphatic rings. The lowest BCUT2D eigenvalue weighted by Crippen LogP contribution is -2.43. The van der Waals surface area contributed by atoms with Crippen LogP contribution in [0.25, 0.3) is 10.9 Å². The Morgan fingerprint density at radius 2 is 1.44 bits per heavy atom. The predicted molar refractivity (Wildman–Crippen MR) is 156 cm³/mol. The minimum absolute atomic E-state index is 0.00345. The number of aromatic nitrogens is 1. The number of hydrogen-bond donors (Lipinski definition) is 1. The van der Waals surface area contributed by atoms with Gasteiger partial charge in [0.05, 0.1) is 42.4 Å². The van der Waals surface area contributed by atoms with Crippen LogP contribution in [0.4, 0.5) is 5.69 Å². The van der Waals surface area contributed by atoms with Crippen molar-refractivity contribution in [2.24, 2.45) is 5.73 Å². The average Bonchev–Trinajstić information content (AvgIpc) is 2.93. The molecule has 1 atom stereocenters. The molecule has 1 aliphatic heterocycles. The number of carbonyl (C=O) groups excluding carboxylic acids is 3. The van der Waals surface area contributed by atoms with Gasteiger partial charge >= 0.3 is 17.9 Å². The fourth-order valence-corrected chi connectivity index (χ4v) is 5.09. The summed E-state index contributed by atoms with van der Waals surface area (Å²) in [4.78, 5) is 46.8. The molecule has 2 heterocycles. The number of ether oxygens (including phenoxy) is 3. The fraction of sp³-hybridized carbons (Fsp3) is 0.267. The first-order valence-corrected chi connectivity index (χ1v) is 13.8. The van der Waals surface area contributed by atoms with E-state index in [9.17, 15) is 14.4 Å². The third-order valence-corrected chi connectivity index (χ3v) is 6.93. The summed E-state index contributed by atoms with van der Waals surface area (Å²) in [5.41, 5.74) is 8.33. The lowest BCUT2D eigenvalue weighted by molar-refractivity contribution is -0.142. The molecule has 0 spiro atoms. The van der Waals surface area contributed by atoms with Gasteiger partial charge in [0.1, 0.15) is 16.7 Å². The molecule has 3 aromatic rings. The van der Waals surface area contributed by atoms with Gasteiger partial charge in [0.15, 0.2) is 0 Å². The summed E-state index contributed by atoms with van der Waals surface area (Å²) < 4.78 is 16.2. The third kappa shape index (κ3) is 5.87. The van der Waals surface area contributed by atoms with Gasteiger partial charge in [-0.15, -0.1) is 0 Å². The number of hydrogen-bond acceptors (Lipinski definition) is 9. The van der Waals surface area contributed by atoms with Gasteiger partial charge in [-0.3, -0.25) is 4.90 Å². The lowest BCUT2D eigenvalue weighted by Gasteiger charge is -2.37. The maximum Gasteiger partial charge on any atom is 0.355 e. The van der Waals surface area contributed by atoms with E-state index in [2.05, 4.69) is 4.98 Å². The first-order chi connectivity index (χ1) is 19.6. The molecular weight excluding hydrogens is 569 g/mol. The minimum atomic E-state index is -1.28. The number of esters is 3. The molecule has 9 nitrogen and oxygen atoms in total. The molecule has 0 fully saturated rings. The normalized spacial score (nSPS) is 15.3. The van der Waals surface area contributed by atoms with Crippen LogP contribution in [0, 0.1) is 6.92 Å². The van der Waals surface area contributed by atoms with E-state index in [0.29, 0.717) is 21.6 Å². The highest BCUT2D eigenvalue weighted by molar-refractivity contribution is 6.31. The topological polar surface area (TPSA) is 121 Å². The number of anilines is 1. The Hall–Kier alpha value is -4.08. The summed E-state index contributed by atoms with van der Waals surface area (Å²) in [6.07, 6.45) is 0. The molecule has 0 amide bonds. The Kier molecular flexibility index (Phi) is 9.20. The van der Waals surface area contributed by atoms with Crippen molar-refractivity contribution < 1.29 is 28.6 Å². The Morgan fingerprint density at radius 1 is 0.854 bits per heavy atom. The quantitative estimate of drug-likeness (QED) is 0.202. The number of carbonyl (C=O) groups is 3. The molecule has 1 aromatic heterocycles. The molecule has 2 N–H and O–H groups in total. The first kappa shape index (κ1) is 29.9. The van der Waals surface area contributed by atoms with Gasteiger partial charge in [0.25, 0.3) is 0 Å². The van der Waals surface area contributed by atoms with Crippen LogP contribution < -0.4 is 10.6 Å². The fourth-order valence-electron chi connectivity index (χ4n) is 4.71. The monoisotopic (exact) mass is 597 g/mol. The van der Waals surface area contributed by atoms with Crippen LogP contribution in [0.2, 0.25) is 10.2 Å². The van der Waals surface area contributed by atoms with E-state index in [1.807, 2.05) is 25.1 Å². The van der Waals surface area contributed by atoms with Crippen molar-refractivity contribution in [3.63, 3.8) is 0 Å². The largest absolute Gasteiger partial charge is 0.463 e. The molecule has 0 saturated heterocycles. The maximum atomic E-state index is 13.8. The molecule has 0 saturated carbocycles. The summed E-state index contributed by atoms with van der Waals surface area (Å²) in [6.45, 7) is 6.83. The second-order valence-electron chi connectivity index (χ2n) is 9.03. The third-order valence-electron chi connectivity index (χ3n) is 6.38. The van der Waals surface area contributed by atoms with Crippen LogP contribution in [0.5, 0.6) is 0 Å². The van der Waals surface area contributed by atoms with Crippen LogP contribution in [0.1, 0.15) is 37.8 Å². The molecule has 0 aliphatic carbocycles. The Bertz CT molecular complexity index is 1580. The highest BCUT2D eigenvalue weighted by Gasteiger charge is 2.46. The zero-order valence-corrected chi connectivity index (χ0v) is 24.5. The van der Waals surface area contributed by atoms with E-state index in [1.54, 1.807) is 51.1 Å². The number of pyridine rings is 1. The smallest absolute Gasteiger partial charge is 0.355 e. The molecule has 11 heteroatoms. The first-order valence-electron chi connectivity index (χ1n) is 13.0. The van der Waals surface area contributed by atoms with Gasteiger partial charge in [-0.25, -0.2) is 19.4 Å². The molecule has 1 unspecified atom stereocenters. The molecule has 0 bridgehead atoms. The van der Waals surface area contributed by atoms with Crippen LogP contribution in [0.3, 0.4) is 0 Å². The van der Waals surface area contributed by atoms with Gasteiger partial charge in [-0.1, -0.05) is 34.8 Å². The van der Waals surface area contributed by atoms with E-state index in [-0.39, 0.29) is 53.2 Å². The molecule has 4 rings (SSSR count). The van der Waals surface area contributed by atoms with E-state index < -0.39 is 23.8 Å². The van der Waals surface area contributed by atoms with Gasteiger partial charge in [0.2, 0.25) is 0 Å². The van der Waals surface area contributed by atoms with Crippen molar-refractivity contribution in [2.45, 2.75) is 33.6 Å². The van der Waals surface area contributed by atoms with E-state index in [1.165, 1.54) is 4.90 Å². The van der Waals surface area contributed by atoms with Crippen molar-refractivity contribution in [2.75, 3.05) is 24.7 Å². The zero-order chi connectivity index (χ0) is 29.8. The van der Waals surface area contributed by atoms with E-state index in [4.69, 9.17) is 43.1 Å². The minimum Gasteiger partial charge on any atom is -0.463 e. The summed E-state index contributed by atoms with van der Waals surface area (Å²) >= 11 is 12.9. The number of halogens is 2. The molecule has 0 radical (unpaired) electrons. The molecule has 214 valence electrons. The van der Waals surface area contributed by atoms with Gasteiger partial charge in [-0.2, -0.15) is 0 Å². The highest BCUT2D eigenvalue weighted by atomic mass is 35.5. The number of fused-ring (bicyclic) bond motifs is 1.